The van der Waals surface area contributed by atoms with Crippen molar-refractivity contribution in [2.75, 3.05) is 5.32 Å². The third kappa shape index (κ3) is 5.21. The molecule has 4 rings (SSSR count). The van der Waals surface area contributed by atoms with E-state index in [-0.39, 0.29) is 30.2 Å². The highest BCUT2D eigenvalue weighted by atomic mass is 35.5. The number of halogens is 6. The lowest BCUT2D eigenvalue weighted by Crippen LogP contribution is -2.33. The van der Waals surface area contributed by atoms with E-state index < -0.39 is 70.1 Å². The van der Waals surface area contributed by atoms with Crippen molar-refractivity contribution < 1.29 is 41.4 Å². The molecular weight excluding hydrogens is 543 g/mol. The molecule has 3 aromatic rings. The summed E-state index contributed by atoms with van der Waals surface area (Å²) >= 11 is 5.88. The minimum atomic E-state index is -4.88. The van der Waals surface area contributed by atoms with Gasteiger partial charge in [-0.25, -0.2) is 13.6 Å². The zero-order chi connectivity index (χ0) is 27.9. The lowest BCUT2D eigenvalue weighted by atomic mass is 10.00. The molecule has 0 unspecified atom stereocenters. The predicted octanol–water partition coefficient (Wildman–Crippen LogP) is 4.19. The number of aliphatic carboxylic acids is 1. The van der Waals surface area contributed by atoms with Crippen LogP contribution in [0.1, 0.15) is 29.5 Å². The monoisotopic (exact) mass is 560 g/mol. The molecule has 0 saturated carbocycles. The van der Waals surface area contributed by atoms with Crippen LogP contribution in [0.4, 0.5) is 27.6 Å². The summed E-state index contributed by atoms with van der Waals surface area (Å²) in [7, 11) is 0. The van der Waals surface area contributed by atoms with E-state index in [0.29, 0.717) is 23.7 Å². The maximum absolute atomic E-state index is 15.2. The zero-order valence-electron chi connectivity index (χ0n) is 19.4. The Hall–Kier alpha value is -3.94. The maximum atomic E-state index is 15.2. The van der Waals surface area contributed by atoms with E-state index in [1.165, 1.54) is 12.1 Å². The van der Waals surface area contributed by atoms with Gasteiger partial charge >= 0.3 is 17.8 Å². The van der Waals surface area contributed by atoms with Gasteiger partial charge in [0.05, 0.1) is 22.2 Å². The van der Waals surface area contributed by atoms with E-state index >= 15 is 4.39 Å². The normalized spacial score (nSPS) is 16.0. The van der Waals surface area contributed by atoms with E-state index in [0.717, 1.165) is 10.6 Å². The first-order valence-electron chi connectivity index (χ1n) is 11.0. The molecule has 0 radical (unpaired) electrons. The summed E-state index contributed by atoms with van der Waals surface area (Å²) in [4.78, 5) is 37.1. The van der Waals surface area contributed by atoms with Crippen LogP contribution in [0.2, 0.25) is 5.02 Å². The number of fused-ring (bicyclic) bond motifs is 1. The molecule has 9 nitrogen and oxygen atoms in total. The minimum absolute atomic E-state index is 0.0825. The number of nitrogens with zero attached hydrogens (tertiary/aromatic N) is 3. The van der Waals surface area contributed by atoms with E-state index in [1.54, 1.807) is 0 Å². The summed E-state index contributed by atoms with van der Waals surface area (Å²) in [5.41, 5.74) is -2.82. The van der Waals surface area contributed by atoms with Crippen molar-refractivity contribution in [3.63, 3.8) is 0 Å². The second kappa shape index (κ2) is 10.1. The Morgan fingerprint density at radius 3 is 2.58 bits per heavy atom. The lowest BCUT2D eigenvalue weighted by molar-refractivity contribution is -0.189. The average Bonchev–Trinajstić information content (AvgIpc) is 3.17. The van der Waals surface area contributed by atoms with Crippen LogP contribution in [0.5, 0.6) is 5.75 Å². The third-order valence-electron chi connectivity index (χ3n) is 5.90. The largest absolute Gasteiger partial charge is 0.481 e. The number of ether oxygens (including phenoxy) is 1. The van der Waals surface area contributed by atoms with E-state index in [9.17, 15) is 37.1 Å². The summed E-state index contributed by atoms with van der Waals surface area (Å²) in [6.45, 7) is 0.412. The molecule has 2 aromatic carbocycles. The third-order valence-corrected chi connectivity index (χ3v) is 6.21. The average molecular weight is 561 g/mol. The lowest BCUT2D eigenvalue weighted by Gasteiger charge is -2.20. The Labute approximate surface area is 215 Å². The van der Waals surface area contributed by atoms with Crippen LogP contribution in [0.3, 0.4) is 0 Å². The number of anilines is 1. The molecular formula is C23H18ClF5N4O5. The molecule has 0 spiro atoms. The fourth-order valence-electron chi connectivity index (χ4n) is 3.81. The number of hydrogen-bond acceptors (Lipinski definition) is 5. The molecule has 0 fully saturated rings. The van der Waals surface area contributed by atoms with Crippen molar-refractivity contribution in [2.24, 2.45) is 5.92 Å². The standard InChI is InChI=1S/C23H18ClF5N4O5/c1-10(23(27,28)29)38-17-8-16(33-22(37)32-9-11(21(35)36)5-6-18(32)31-33)15(26)7-12(17)20(34)30-19-13(24)3-2-4-14(19)25/h2-4,7-8,10-11H,5-6,9H2,1H3,(H,30,34)(H,35,36)/t10-,11+/m0/s1. The van der Waals surface area contributed by atoms with Gasteiger partial charge in [-0.05, 0) is 31.5 Å². The number of rotatable bonds is 6. The Morgan fingerprint density at radius 2 is 1.95 bits per heavy atom. The highest BCUT2D eigenvalue weighted by molar-refractivity contribution is 6.34. The molecule has 202 valence electrons. The van der Waals surface area contributed by atoms with Gasteiger partial charge in [-0.1, -0.05) is 17.7 Å². The Balaban J connectivity index is 1.80. The number of carbonyl (C=O) groups is 2. The quantitative estimate of drug-likeness (QED) is 0.437. The van der Waals surface area contributed by atoms with Crippen molar-refractivity contribution in [3.05, 3.63) is 68.9 Å². The molecule has 1 aliphatic rings. The number of hydrogen-bond donors (Lipinski definition) is 2. The molecule has 1 aliphatic heterocycles. The van der Waals surface area contributed by atoms with Gasteiger partial charge in [-0.3, -0.25) is 14.2 Å². The molecule has 15 heteroatoms. The molecule has 2 atom stereocenters. The van der Waals surface area contributed by atoms with Crippen LogP contribution in [0, 0.1) is 17.6 Å². The number of para-hydroxylation sites is 1. The van der Waals surface area contributed by atoms with Crippen LogP contribution < -0.4 is 15.7 Å². The van der Waals surface area contributed by atoms with Gasteiger partial charge in [0.2, 0.25) is 0 Å². The summed E-state index contributed by atoms with van der Waals surface area (Å²) in [5, 5.41) is 15.1. The van der Waals surface area contributed by atoms with Crippen LogP contribution in [-0.2, 0) is 17.8 Å². The number of nitrogens with one attached hydrogen (secondary N) is 1. The fraction of sp³-hybridized carbons (Fsp3) is 0.304. The number of amides is 1. The number of benzene rings is 2. The molecule has 0 aliphatic carbocycles. The van der Waals surface area contributed by atoms with Crippen LogP contribution in [-0.4, -0.2) is 43.6 Å². The highest BCUT2D eigenvalue weighted by Crippen LogP contribution is 2.32. The van der Waals surface area contributed by atoms with Crippen molar-refractivity contribution in [3.8, 4) is 11.4 Å². The molecule has 1 amide bonds. The topological polar surface area (TPSA) is 115 Å². The molecule has 2 heterocycles. The SMILES string of the molecule is C[C@H](Oc1cc(-n2nc3n(c2=O)C[C@H](C(=O)O)CC3)c(F)cc1C(=O)Nc1c(F)cccc1Cl)C(F)(F)F. The van der Waals surface area contributed by atoms with Gasteiger partial charge in [0, 0.05) is 19.0 Å². The second-order valence-electron chi connectivity index (χ2n) is 8.45. The first kappa shape index (κ1) is 27.1. The number of carboxylic acids is 1. The molecule has 0 saturated heterocycles. The minimum Gasteiger partial charge on any atom is -0.481 e. The van der Waals surface area contributed by atoms with Crippen molar-refractivity contribution in [2.45, 2.75) is 38.6 Å². The molecule has 38 heavy (non-hydrogen) atoms. The summed E-state index contributed by atoms with van der Waals surface area (Å²) in [6.07, 6.45) is -7.09. The van der Waals surface area contributed by atoms with Gasteiger partial charge in [-0.2, -0.15) is 17.9 Å². The zero-order valence-corrected chi connectivity index (χ0v) is 20.1. The van der Waals surface area contributed by atoms with Crippen molar-refractivity contribution >= 4 is 29.2 Å². The first-order valence-corrected chi connectivity index (χ1v) is 11.4. The number of carbonyl (C=O) groups excluding carboxylic acids is 1. The highest BCUT2D eigenvalue weighted by Gasteiger charge is 2.39. The summed E-state index contributed by atoms with van der Waals surface area (Å²) in [5.74, 6) is -6.09. The van der Waals surface area contributed by atoms with E-state index in [1.807, 2.05) is 0 Å². The molecule has 1 aromatic heterocycles. The van der Waals surface area contributed by atoms with Gasteiger partial charge in [0.25, 0.3) is 5.91 Å². The van der Waals surface area contributed by atoms with E-state index in [4.69, 9.17) is 16.3 Å². The molecule has 2 N–H and O–H groups in total. The van der Waals surface area contributed by atoms with E-state index in [2.05, 4.69) is 10.4 Å². The van der Waals surface area contributed by atoms with Crippen LogP contribution >= 0.6 is 11.6 Å². The van der Waals surface area contributed by atoms with Crippen LogP contribution in [0.25, 0.3) is 5.69 Å². The predicted molar refractivity (Wildman–Crippen MR) is 123 cm³/mol. The van der Waals surface area contributed by atoms with Gasteiger partial charge in [-0.15, -0.1) is 5.10 Å². The summed E-state index contributed by atoms with van der Waals surface area (Å²) < 4.78 is 75.7. The van der Waals surface area contributed by atoms with Crippen LogP contribution in [0.15, 0.2) is 35.1 Å². The van der Waals surface area contributed by atoms with Crippen molar-refractivity contribution in [1.82, 2.24) is 14.3 Å². The second-order valence-corrected chi connectivity index (χ2v) is 8.85. The number of carboxylic acid groups (broad SMARTS) is 1. The first-order chi connectivity index (χ1) is 17.8. The van der Waals surface area contributed by atoms with Gasteiger partial charge < -0.3 is 15.2 Å². The number of aromatic nitrogens is 3. The Morgan fingerprint density at radius 1 is 1.24 bits per heavy atom. The maximum Gasteiger partial charge on any atom is 0.425 e. The van der Waals surface area contributed by atoms with Gasteiger partial charge in [0.1, 0.15) is 28.9 Å². The molecule has 0 bridgehead atoms. The smallest absolute Gasteiger partial charge is 0.425 e. The summed E-state index contributed by atoms with van der Waals surface area (Å²) in [6, 6.07) is 4.67. The number of aryl methyl sites for hydroxylation is 1. The Bertz CT molecular complexity index is 1470. The van der Waals surface area contributed by atoms with Crippen molar-refractivity contribution in [1.29, 1.82) is 0 Å². The fourth-order valence-corrected chi connectivity index (χ4v) is 4.02. The number of alkyl halides is 3. The Kier molecular flexibility index (Phi) is 7.19. The van der Waals surface area contributed by atoms with Gasteiger partial charge in [0.15, 0.2) is 6.10 Å².